The van der Waals surface area contributed by atoms with Crippen LogP contribution in [0.25, 0.3) is 10.9 Å². The molecule has 5 rings (SSSR count). The molecule has 1 aromatic heterocycles. The Labute approximate surface area is 176 Å². The maximum Gasteiger partial charge on any atom is 0.226 e. The maximum atomic E-state index is 14.1. The highest BCUT2D eigenvalue weighted by molar-refractivity contribution is 5.82. The second-order valence-electron chi connectivity index (χ2n) is 8.37. The van der Waals surface area contributed by atoms with Crippen LogP contribution in [-0.2, 0) is 6.54 Å². The van der Waals surface area contributed by atoms with Crippen LogP contribution >= 0.6 is 0 Å². The van der Waals surface area contributed by atoms with Crippen LogP contribution in [0, 0.1) is 19.7 Å². The van der Waals surface area contributed by atoms with Gasteiger partial charge in [0, 0.05) is 49.2 Å². The molecule has 2 aliphatic rings. The molecule has 156 valence electrons. The molecule has 0 unspecified atom stereocenters. The minimum Gasteiger partial charge on any atom is -0.492 e. The van der Waals surface area contributed by atoms with Gasteiger partial charge in [0.1, 0.15) is 18.2 Å². The third kappa shape index (κ3) is 3.60. The number of hydrogen-bond donors (Lipinski definition) is 0. The summed E-state index contributed by atoms with van der Waals surface area (Å²) in [5.74, 6) is 1.51. The van der Waals surface area contributed by atoms with Gasteiger partial charge in [0.15, 0.2) is 0 Å². The van der Waals surface area contributed by atoms with Gasteiger partial charge in [-0.25, -0.2) is 14.4 Å². The van der Waals surface area contributed by atoms with Gasteiger partial charge in [-0.2, -0.15) is 0 Å². The number of aryl methyl sites for hydroxylation is 2. The van der Waals surface area contributed by atoms with Crippen LogP contribution in [0.3, 0.4) is 0 Å². The van der Waals surface area contributed by atoms with Gasteiger partial charge in [-0.15, -0.1) is 0 Å². The molecule has 0 aliphatic carbocycles. The second kappa shape index (κ2) is 7.84. The zero-order chi connectivity index (χ0) is 20.7. The summed E-state index contributed by atoms with van der Waals surface area (Å²) in [5, 5.41) is 0.927. The normalized spacial score (nSPS) is 18.2. The van der Waals surface area contributed by atoms with Gasteiger partial charge in [-0.05, 0) is 44.4 Å². The molecular formula is C24H27FN4O. The van der Waals surface area contributed by atoms with Gasteiger partial charge in [0.2, 0.25) is 5.95 Å². The summed E-state index contributed by atoms with van der Waals surface area (Å²) in [4.78, 5) is 14.2. The van der Waals surface area contributed by atoms with Gasteiger partial charge in [0.25, 0.3) is 0 Å². The van der Waals surface area contributed by atoms with E-state index in [1.807, 2.05) is 19.1 Å². The van der Waals surface area contributed by atoms with Crippen molar-refractivity contribution in [2.24, 2.45) is 0 Å². The van der Waals surface area contributed by atoms with E-state index >= 15 is 0 Å². The first-order valence-corrected chi connectivity index (χ1v) is 10.7. The van der Waals surface area contributed by atoms with Crippen LogP contribution in [0.1, 0.15) is 29.7 Å². The van der Waals surface area contributed by atoms with E-state index in [0.29, 0.717) is 23.1 Å². The fourth-order valence-corrected chi connectivity index (χ4v) is 4.63. The Morgan fingerprint density at radius 1 is 1.03 bits per heavy atom. The Morgan fingerprint density at radius 2 is 1.83 bits per heavy atom. The molecule has 0 radical (unpaired) electrons. The molecule has 30 heavy (non-hydrogen) atoms. The third-order valence-electron chi connectivity index (χ3n) is 6.40. The molecule has 6 heteroatoms. The monoisotopic (exact) mass is 406 g/mol. The van der Waals surface area contributed by atoms with Crippen LogP contribution in [0.5, 0.6) is 5.75 Å². The predicted molar refractivity (Wildman–Crippen MR) is 117 cm³/mol. The van der Waals surface area contributed by atoms with Gasteiger partial charge in [-0.1, -0.05) is 18.2 Å². The number of fused-ring (bicyclic) bond motifs is 2. The lowest BCUT2D eigenvalue weighted by atomic mass is 10.0. The number of rotatable bonds is 2. The topological polar surface area (TPSA) is 41.5 Å². The Morgan fingerprint density at radius 3 is 2.67 bits per heavy atom. The largest absolute Gasteiger partial charge is 0.492 e. The number of nitrogens with zero attached hydrogens (tertiary/aromatic N) is 4. The molecular weight excluding hydrogens is 379 g/mol. The number of anilines is 1. The van der Waals surface area contributed by atoms with E-state index in [0.717, 1.165) is 62.5 Å². The number of aromatic nitrogens is 2. The fraction of sp³-hybridized carbons (Fsp3) is 0.417. The first kappa shape index (κ1) is 19.2. The molecule has 5 nitrogen and oxygen atoms in total. The van der Waals surface area contributed by atoms with Crippen LogP contribution < -0.4 is 9.64 Å². The Bertz CT molecular complexity index is 1080. The van der Waals surface area contributed by atoms with Crippen molar-refractivity contribution in [1.29, 1.82) is 0 Å². The van der Waals surface area contributed by atoms with Gasteiger partial charge in [0.05, 0.1) is 11.2 Å². The molecule has 0 spiro atoms. The zero-order valence-corrected chi connectivity index (χ0v) is 17.6. The average molecular weight is 407 g/mol. The number of benzene rings is 2. The standard InChI is InChI=1S/C24H27FN4O/c1-16-13-20-17(2)26-24(27-22(20)14-21(16)25)28-9-7-19(8-10-28)29-11-12-30-23-6-4-3-5-18(23)15-29/h3-6,13-14,19H,7-12,15H2,1-2H3. The quantitative estimate of drug-likeness (QED) is 0.636. The van der Waals surface area contributed by atoms with Crippen molar-refractivity contribution in [1.82, 2.24) is 14.9 Å². The molecule has 0 atom stereocenters. The van der Waals surface area contributed by atoms with Gasteiger partial charge >= 0.3 is 0 Å². The Kier molecular flexibility index (Phi) is 5.03. The zero-order valence-electron chi connectivity index (χ0n) is 17.6. The highest BCUT2D eigenvalue weighted by Crippen LogP contribution is 2.28. The van der Waals surface area contributed by atoms with Gasteiger partial charge in [-0.3, -0.25) is 4.90 Å². The molecule has 1 fully saturated rings. The van der Waals surface area contributed by atoms with E-state index in [9.17, 15) is 4.39 Å². The van der Waals surface area contributed by atoms with Gasteiger partial charge < -0.3 is 9.64 Å². The molecule has 3 heterocycles. The highest BCUT2D eigenvalue weighted by atomic mass is 19.1. The van der Waals surface area contributed by atoms with Crippen LogP contribution in [0.2, 0.25) is 0 Å². The van der Waals surface area contributed by atoms with Crippen molar-refractivity contribution in [3.63, 3.8) is 0 Å². The van der Waals surface area contributed by atoms with Crippen molar-refractivity contribution >= 4 is 16.9 Å². The molecule has 0 bridgehead atoms. The summed E-state index contributed by atoms with van der Waals surface area (Å²) < 4.78 is 20.0. The summed E-state index contributed by atoms with van der Waals surface area (Å²) in [5.41, 5.74) is 3.49. The van der Waals surface area contributed by atoms with Crippen molar-refractivity contribution in [3.8, 4) is 5.75 Å². The van der Waals surface area contributed by atoms with Crippen molar-refractivity contribution in [2.75, 3.05) is 31.1 Å². The van der Waals surface area contributed by atoms with E-state index in [1.54, 1.807) is 6.92 Å². The number of halogens is 1. The lowest BCUT2D eigenvalue weighted by Crippen LogP contribution is -2.45. The lowest BCUT2D eigenvalue weighted by molar-refractivity contribution is 0.147. The second-order valence-corrected chi connectivity index (χ2v) is 8.37. The van der Waals surface area contributed by atoms with Crippen LogP contribution in [0.15, 0.2) is 36.4 Å². The minimum absolute atomic E-state index is 0.214. The van der Waals surface area contributed by atoms with Crippen molar-refractivity contribution < 1.29 is 9.13 Å². The third-order valence-corrected chi connectivity index (χ3v) is 6.40. The van der Waals surface area contributed by atoms with Crippen LogP contribution in [-0.4, -0.2) is 47.2 Å². The van der Waals surface area contributed by atoms with E-state index in [4.69, 9.17) is 9.72 Å². The minimum atomic E-state index is -0.214. The van der Waals surface area contributed by atoms with E-state index in [1.165, 1.54) is 11.6 Å². The van der Waals surface area contributed by atoms with E-state index in [2.05, 4.69) is 33.0 Å². The summed E-state index contributed by atoms with van der Waals surface area (Å²) in [6, 6.07) is 12.2. The Balaban J connectivity index is 1.31. The summed E-state index contributed by atoms with van der Waals surface area (Å²) in [6.45, 7) is 8.18. The van der Waals surface area contributed by atoms with Crippen molar-refractivity contribution in [2.45, 2.75) is 39.3 Å². The lowest BCUT2D eigenvalue weighted by Gasteiger charge is -2.38. The summed E-state index contributed by atoms with van der Waals surface area (Å²) in [7, 11) is 0. The maximum absolute atomic E-state index is 14.1. The SMILES string of the molecule is Cc1cc2c(C)nc(N3CCC(N4CCOc5ccccc5C4)CC3)nc2cc1F. The smallest absolute Gasteiger partial charge is 0.226 e. The number of hydrogen-bond acceptors (Lipinski definition) is 5. The molecule has 3 aromatic rings. The van der Waals surface area contributed by atoms with Crippen molar-refractivity contribution in [3.05, 3.63) is 59.0 Å². The average Bonchev–Trinajstić information content (AvgIpc) is 2.98. The Hall–Kier alpha value is -2.73. The number of ether oxygens (including phenoxy) is 1. The number of piperidine rings is 1. The fourth-order valence-electron chi connectivity index (χ4n) is 4.63. The van der Waals surface area contributed by atoms with Crippen LogP contribution in [0.4, 0.5) is 10.3 Å². The first-order valence-electron chi connectivity index (χ1n) is 10.7. The van der Waals surface area contributed by atoms with E-state index < -0.39 is 0 Å². The molecule has 0 amide bonds. The van der Waals surface area contributed by atoms with E-state index in [-0.39, 0.29) is 5.82 Å². The first-order chi connectivity index (χ1) is 14.6. The molecule has 2 aromatic carbocycles. The number of para-hydroxylation sites is 1. The molecule has 2 aliphatic heterocycles. The molecule has 0 N–H and O–H groups in total. The molecule has 1 saturated heterocycles. The highest BCUT2D eigenvalue weighted by Gasteiger charge is 2.28. The summed E-state index contributed by atoms with van der Waals surface area (Å²) in [6.07, 6.45) is 2.12. The molecule has 0 saturated carbocycles. The predicted octanol–water partition coefficient (Wildman–Crippen LogP) is 4.25. The summed E-state index contributed by atoms with van der Waals surface area (Å²) >= 11 is 0.